The van der Waals surface area contributed by atoms with Gasteiger partial charge in [0.1, 0.15) is 11.5 Å². The summed E-state index contributed by atoms with van der Waals surface area (Å²) in [4.78, 5) is 0. The molecular formula is C17H22BrNO3. The first kappa shape index (κ1) is 18.5. The molecule has 0 amide bonds. The first-order valence-corrected chi connectivity index (χ1v) is 7.11. The lowest BCUT2D eigenvalue weighted by molar-refractivity contribution is 0.175. The Balaban J connectivity index is 0.00000242. The van der Waals surface area contributed by atoms with Gasteiger partial charge < -0.3 is 20.6 Å². The predicted molar refractivity (Wildman–Crippen MR) is 92.7 cm³/mol. The fraction of sp³-hybridized carbons (Fsp3) is 0.294. The molecule has 4 N–H and O–H groups in total. The standard InChI is InChI=1S/C17H21NO3.BrH/c19-15-8-6-14(7-9-15)17(21)12-18-10-2-4-13-3-1-5-16(20)11-13;/h1,3,5-9,11,17-21H,2,4,10,12H2;1H. The molecule has 2 aromatic rings. The molecule has 2 aromatic carbocycles. The molecule has 0 saturated heterocycles. The van der Waals surface area contributed by atoms with E-state index < -0.39 is 6.10 Å². The first-order valence-electron chi connectivity index (χ1n) is 7.11. The summed E-state index contributed by atoms with van der Waals surface area (Å²) in [5.41, 5.74) is 1.89. The quantitative estimate of drug-likeness (QED) is 0.567. The van der Waals surface area contributed by atoms with Crippen molar-refractivity contribution in [3.8, 4) is 11.5 Å². The van der Waals surface area contributed by atoms with Crippen molar-refractivity contribution < 1.29 is 15.3 Å². The molecule has 0 aromatic heterocycles. The lowest BCUT2D eigenvalue weighted by atomic mass is 10.1. The number of phenolic OH excluding ortho intramolecular Hbond substituents is 2. The molecule has 1 unspecified atom stereocenters. The smallest absolute Gasteiger partial charge is 0.115 e. The highest BCUT2D eigenvalue weighted by atomic mass is 79.9. The molecule has 0 aliphatic heterocycles. The Morgan fingerprint density at radius 1 is 0.955 bits per heavy atom. The van der Waals surface area contributed by atoms with E-state index in [0.717, 1.165) is 30.5 Å². The number of hydrogen-bond donors (Lipinski definition) is 4. The van der Waals surface area contributed by atoms with Crippen molar-refractivity contribution in [2.24, 2.45) is 0 Å². The van der Waals surface area contributed by atoms with Crippen LogP contribution in [-0.2, 0) is 6.42 Å². The molecule has 0 saturated carbocycles. The Morgan fingerprint density at radius 2 is 1.68 bits per heavy atom. The lowest BCUT2D eigenvalue weighted by Gasteiger charge is -2.12. The number of phenols is 2. The van der Waals surface area contributed by atoms with Crippen molar-refractivity contribution in [1.82, 2.24) is 5.32 Å². The number of aryl methyl sites for hydroxylation is 1. The van der Waals surface area contributed by atoms with Crippen LogP contribution in [-0.4, -0.2) is 28.4 Å². The van der Waals surface area contributed by atoms with Crippen LogP contribution in [0.15, 0.2) is 48.5 Å². The Bertz CT molecular complexity index is 560. The molecule has 0 bridgehead atoms. The first-order chi connectivity index (χ1) is 10.1. The van der Waals surface area contributed by atoms with Crippen LogP contribution >= 0.6 is 17.0 Å². The summed E-state index contributed by atoms with van der Waals surface area (Å²) in [5, 5.41) is 31.8. The molecule has 0 heterocycles. The average Bonchev–Trinajstić information content (AvgIpc) is 2.47. The van der Waals surface area contributed by atoms with Gasteiger partial charge in [0.15, 0.2) is 0 Å². The monoisotopic (exact) mass is 367 g/mol. The second-order valence-electron chi connectivity index (χ2n) is 5.08. The molecule has 22 heavy (non-hydrogen) atoms. The van der Waals surface area contributed by atoms with Gasteiger partial charge in [-0.25, -0.2) is 0 Å². The lowest BCUT2D eigenvalue weighted by Crippen LogP contribution is -2.22. The summed E-state index contributed by atoms with van der Waals surface area (Å²) in [6, 6.07) is 13.8. The molecule has 0 radical (unpaired) electrons. The predicted octanol–water partition coefficient (Wildman–Crippen LogP) is 2.93. The second kappa shape index (κ2) is 9.46. The summed E-state index contributed by atoms with van der Waals surface area (Å²) < 4.78 is 0. The van der Waals surface area contributed by atoms with E-state index in [2.05, 4.69) is 5.32 Å². The number of rotatable bonds is 7. The zero-order chi connectivity index (χ0) is 15.1. The minimum Gasteiger partial charge on any atom is -0.508 e. The number of aliphatic hydroxyl groups is 1. The van der Waals surface area contributed by atoms with Crippen molar-refractivity contribution in [3.05, 3.63) is 59.7 Å². The maximum absolute atomic E-state index is 9.99. The van der Waals surface area contributed by atoms with Crippen molar-refractivity contribution in [1.29, 1.82) is 0 Å². The summed E-state index contributed by atoms with van der Waals surface area (Å²) in [7, 11) is 0. The normalized spacial score (nSPS) is 11.7. The van der Waals surface area contributed by atoms with Crippen LogP contribution < -0.4 is 5.32 Å². The van der Waals surface area contributed by atoms with Gasteiger partial charge in [0.05, 0.1) is 6.10 Å². The average molecular weight is 368 g/mol. The van der Waals surface area contributed by atoms with E-state index in [1.165, 1.54) is 0 Å². The molecule has 0 spiro atoms. The highest BCUT2D eigenvalue weighted by molar-refractivity contribution is 8.93. The Kier molecular flexibility index (Phi) is 7.95. The van der Waals surface area contributed by atoms with Gasteiger partial charge in [0.25, 0.3) is 0 Å². The van der Waals surface area contributed by atoms with Crippen LogP contribution in [0.2, 0.25) is 0 Å². The van der Waals surface area contributed by atoms with E-state index in [1.807, 2.05) is 12.1 Å². The van der Waals surface area contributed by atoms with Gasteiger partial charge in [-0.3, -0.25) is 0 Å². The van der Waals surface area contributed by atoms with Gasteiger partial charge in [-0.1, -0.05) is 24.3 Å². The van der Waals surface area contributed by atoms with Crippen LogP contribution in [0, 0.1) is 0 Å². The zero-order valence-electron chi connectivity index (χ0n) is 12.3. The van der Waals surface area contributed by atoms with Crippen LogP contribution in [0.25, 0.3) is 0 Å². The summed E-state index contributed by atoms with van der Waals surface area (Å²) in [6.07, 6.45) is 1.24. The van der Waals surface area contributed by atoms with Crippen LogP contribution in [0.4, 0.5) is 0 Å². The van der Waals surface area contributed by atoms with E-state index >= 15 is 0 Å². The van der Waals surface area contributed by atoms with Crippen molar-refractivity contribution >= 4 is 17.0 Å². The van der Waals surface area contributed by atoms with Crippen LogP contribution in [0.3, 0.4) is 0 Å². The topological polar surface area (TPSA) is 72.7 Å². The van der Waals surface area contributed by atoms with Crippen molar-refractivity contribution in [2.75, 3.05) is 13.1 Å². The second-order valence-corrected chi connectivity index (χ2v) is 5.08. The third-order valence-electron chi connectivity index (χ3n) is 3.35. The third-order valence-corrected chi connectivity index (χ3v) is 3.35. The summed E-state index contributed by atoms with van der Waals surface area (Å²) in [5.74, 6) is 0.494. The molecule has 2 rings (SSSR count). The van der Waals surface area contributed by atoms with E-state index in [-0.39, 0.29) is 22.7 Å². The molecule has 120 valence electrons. The van der Waals surface area contributed by atoms with Gasteiger partial charge >= 0.3 is 0 Å². The molecule has 1 atom stereocenters. The third kappa shape index (κ3) is 6.05. The zero-order valence-corrected chi connectivity index (χ0v) is 14.0. The highest BCUT2D eigenvalue weighted by Crippen LogP contribution is 2.16. The number of halogens is 1. The molecule has 4 nitrogen and oxygen atoms in total. The molecular weight excluding hydrogens is 346 g/mol. The van der Waals surface area contributed by atoms with Crippen LogP contribution in [0.5, 0.6) is 11.5 Å². The largest absolute Gasteiger partial charge is 0.508 e. The van der Waals surface area contributed by atoms with Gasteiger partial charge in [0.2, 0.25) is 0 Å². The Labute approximate surface area is 141 Å². The fourth-order valence-corrected chi connectivity index (χ4v) is 2.18. The molecule has 0 aliphatic carbocycles. The number of hydrogen-bond acceptors (Lipinski definition) is 4. The minimum absolute atomic E-state index is 0. The molecule has 0 aliphatic rings. The molecule has 0 fully saturated rings. The maximum atomic E-state index is 9.99. The van der Waals surface area contributed by atoms with Crippen LogP contribution in [0.1, 0.15) is 23.7 Å². The minimum atomic E-state index is -0.577. The van der Waals surface area contributed by atoms with Crippen molar-refractivity contribution in [3.63, 3.8) is 0 Å². The van der Waals surface area contributed by atoms with E-state index in [9.17, 15) is 15.3 Å². The van der Waals surface area contributed by atoms with Gasteiger partial charge in [0, 0.05) is 6.54 Å². The number of aliphatic hydroxyl groups excluding tert-OH is 1. The highest BCUT2D eigenvalue weighted by Gasteiger charge is 2.06. The summed E-state index contributed by atoms with van der Waals surface area (Å²) >= 11 is 0. The van der Waals surface area contributed by atoms with E-state index in [0.29, 0.717) is 12.3 Å². The fourth-order valence-electron chi connectivity index (χ4n) is 2.18. The Morgan fingerprint density at radius 3 is 2.36 bits per heavy atom. The van der Waals surface area contributed by atoms with Gasteiger partial charge in [-0.05, 0) is 54.8 Å². The van der Waals surface area contributed by atoms with E-state index in [1.54, 1.807) is 36.4 Å². The SMILES string of the molecule is Br.Oc1ccc(C(O)CNCCCc2cccc(O)c2)cc1. The number of aromatic hydroxyl groups is 2. The number of nitrogens with one attached hydrogen (secondary N) is 1. The van der Waals surface area contributed by atoms with Gasteiger partial charge in [-0.15, -0.1) is 17.0 Å². The van der Waals surface area contributed by atoms with Crippen molar-refractivity contribution in [2.45, 2.75) is 18.9 Å². The molecule has 5 heteroatoms. The maximum Gasteiger partial charge on any atom is 0.115 e. The number of benzene rings is 2. The summed E-state index contributed by atoms with van der Waals surface area (Å²) in [6.45, 7) is 1.27. The Hall–Kier alpha value is -1.56. The van der Waals surface area contributed by atoms with Gasteiger partial charge in [-0.2, -0.15) is 0 Å². The van der Waals surface area contributed by atoms with E-state index in [4.69, 9.17) is 0 Å².